The summed E-state index contributed by atoms with van der Waals surface area (Å²) in [5, 5.41) is 2.62. The molecule has 2 aromatic carbocycles. The van der Waals surface area contributed by atoms with Crippen molar-refractivity contribution < 1.29 is 28.2 Å². The molecule has 0 aliphatic rings. The Morgan fingerprint density at radius 1 is 1.04 bits per heavy atom. The summed E-state index contributed by atoms with van der Waals surface area (Å²) in [6, 6.07) is 9.88. The first-order chi connectivity index (χ1) is 11.9. The lowest BCUT2D eigenvalue weighted by atomic mass is 10.2. The van der Waals surface area contributed by atoms with Crippen LogP contribution < -0.4 is 14.8 Å². The van der Waals surface area contributed by atoms with Gasteiger partial charge in [0, 0.05) is 5.69 Å². The number of esters is 1. The largest absolute Gasteiger partial charge is 0.493 e. The Hall–Kier alpha value is -3.09. The van der Waals surface area contributed by atoms with Gasteiger partial charge in [0.05, 0.1) is 19.8 Å². The van der Waals surface area contributed by atoms with Crippen molar-refractivity contribution in [3.05, 3.63) is 53.8 Å². The minimum atomic E-state index is -0.845. The van der Waals surface area contributed by atoms with E-state index >= 15 is 0 Å². The van der Waals surface area contributed by atoms with Gasteiger partial charge in [0.1, 0.15) is 5.82 Å². The van der Waals surface area contributed by atoms with Gasteiger partial charge in [-0.1, -0.05) is 0 Å². The summed E-state index contributed by atoms with van der Waals surface area (Å²) in [5.74, 6) is -0.711. The molecular weight excluding hydrogens is 329 g/mol. The van der Waals surface area contributed by atoms with Crippen molar-refractivity contribution in [1.29, 1.82) is 0 Å². The summed E-state index contributed by atoms with van der Waals surface area (Å²) in [7, 11) is 2.70. The van der Waals surface area contributed by atoms with Crippen molar-refractivity contribution in [3.63, 3.8) is 0 Å². The molecule has 0 aromatic heterocycles. The number of halogens is 1. The molecule has 0 bridgehead atoms. The first kappa shape index (κ1) is 18.3. The SMILES string of the molecule is COC(=O)c1ccc(OC(C)C(=O)Nc2ccc(F)cc2)c(OC)c1. The van der Waals surface area contributed by atoms with E-state index in [1.165, 1.54) is 56.7 Å². The van der Waals surface area contributed by atoms with E-state index < -0.39 is 23.8 Å². The third-order valence-corrected chi connectivity index (χ3v) is 3.37. The normalized spacial score (nSPS) is 11.4. The first-order valence-corrected chi connectivity index (χ1v) is 7.44. The van der Waals surface area contributed by atoms with Crippen LogP contribution in [0.4, 0.5) is 10.1 Å². The molecule has 0 aliphatic heterocycles. The number of anilines is 1. The van der Waals surface area contributed by atoms with Crippen LogP contribution in [-0.4, -0.2) is 32.2 Å². The molecule has 0 heterocycles. The van der Waals surface area contributed by atoms with E-state index in [1.54, 1.807) is 6.92 Å². The van der Waals surface area contributed by atoms with Crippen LogP contribution in [0.5, 0.6) is 11.5 Å². The molecule has 25 heavy (non-hydrogen) atoms. The van der Waals surface area contributed by atoms with E-state index in [0.717, 1.165) is 0 Å². The summed E-state index contributed by atoms with van der Waals surface area (Å²) in [6.07, 6.45) is -0.845. The smallest absolute Gasteiger partial charge is 0.337 e. The molecule has 1 amide bonds. The van der Waals surface area contributed by atoms with E-state index in [2.05, 4.69) is 10.1 Å². The molecular formula is C18H18FNO5. The van der Waals surface area contributed by atoms with Crippen molar-refractivity contribution in [3.8, 4) is 11.5 Å². The van der Waals surface area contributed by atoms with Crippen LogP contribution in [-0.2, 0) is 9.53 Å². The van der Waals surface area contributed by atoms with Crippen molar-refractivity contribution in [2.75, 3.05) is 19.5 Å². The predicted octanol–water partition coefficient (Wildman–Crippen LogP) is 3.03. The fourth-order valence-corrected chi connectivity index (χ4v) is 2.03. The molecule has 2 aromatic rings. The molecule has 1 unspecified atom stereocenters. The van der Waals surface area contributed by atoms with Crippen LogP contribution in [0, 0.1) is 5.82 Å². The van der Waals surface area contributed by atoms with E-state index in [-0.39, 0.29) is 0 Å². The Morgan fingerprint density at radius 2 is 1.72 bits per heavy atom. The maximum absolute atomic E-state index is 12.9. The zero-order valence-electron chi connectivity index (χ0n) is 14.0. The second-order valence-corrected chi connectivity index (χ2v) is 5.11. The second-order valence-electron chi connectivity index (χ2n) is 5.11. The van der Waals surface area contributed by atoms with Crippen LogP contribution in [0.15, 0.2) is 42.5 Å². The first-order valence-electron chi connectivity index (χ1n) is 7.44. The van der Waals surface area contributed by atoms with Gasteiger partial charge in [-0.2, -0.15) is 0 Å². The van der Waals surface area contributed by atoms with Gasteiger partial charge in [0.2, 0.25) is 0 Å². The molecule has 0 fully saturated rings. The van der Waals surface area contributed by atoms with Gasteiger partial charge < -0.3 is 19.5 Å². The number of amides is 1. The van der Waals surface area contributed by atoms with E-state index in [0.29, 0.717) is 22.7 Å². The van der Waals surface area contributed by atoms with Gasteiger partial charge in [-0.05, 0) is 49.4 Å². The highest BCUT2D eigenvalue weighted by Crippen LogP contribution is 2.29. The molecule has 0 spiro atoms. The van der Waals surface area contributed by atoms with Crippen LogP contribution >= 0.6 is 0 Å². The van der Waals surface area contributed by atoms with E-state index in [4.69, 9.17) is 9.47 Å². The van der Waals surface area contributed by atoms with Gasteiger partial charge in [0.15, 0.2) is 17.6 Å². The average Bonchev–Trinajstić information content (AvgIpc) is 2.63. The fourth-order valence-electron chi connectivity index (χ4n) is 2.03. The molecule has 132 valence electrons. The van der Waals surface area contributed by atoms with Crippen molar-refractivity contribution >= 4 is 17.6 Å². The summed E-state index contributed by atoms with van der Waals surface area (Å²) >= 11 is 0. The molecule has 1 N–H and O–H groups in total. The highest BCUT2D eigenvalue weighted by atomic mass is 19.1. The zero-order valence-corrected chi connectivity index (χ0v) is 14.0. The Morgan fingerprint density at radius 3 is 2.32 bits per heavy atom. The minimum Gasteiger partial charge on any atom is -0.493 e. The Kier molecular flexibility index (Phi) is 5.94. The van der Waals surface area contributed by atoms with Crippen molar-refractivity contribution in [2.24, 2.45) is 0 Å². The monoisotopic (exact) mass is 347 g/mol. The number of nitrogens with one attached hydrogen (secondary N) is 1. The molecule has 2 rings (SSSR count). The molecule has 1 atom stereocenters. The zero-order chi connectivity index (χ0) is 18.4. The Bertz CT molecular complexity index is 761. The second kappa shape index (κ2) is 8.14. The highest BCUT2D eigenvalue weighted by molar-refractivity contribution is 5.94. The number of methoxy groups -OCH3 is 2. The maximum atomic E-state index is 12.9. The summed E-state index contributed by atoms with van der Waals surface area (Å²) in [5.41, 5.74) is 0.755. The lowest BCUT2D eigenvalue weighted by Crippen LogP contribution is -2.30. The van der Waals surface area contributed by atoms with Crippen LogP contribution in [0.2, 0.25) is 0 Å². The number of benzene rings is 2. The lowest BCUT2D eigenvalue weighted by molar-refractivity contribution is -0.122. The Balaban J connectivity index is 2.08. The van der Waals surface area contributed by atoms with Gasteiger partial charge in [-0.3, -0.25) is 4.79 Å². The van der Waals surface area contributed by atoms with Gasteiger partial charge in [0.25, 0.3) is 5.91 Å². The number of hydrogen-bond donors (Lipinski definition) is 1. The average molecular weight is 347 g/mol. The van der Waals surface area contributed by atoms with Crippen LogP contribution in [0.25, 0.3) is 0 Å². The number of carbonyl (C=O) groups is 2. The summed E-state index contributed by atoms with van der Waals surface area (Å²) < 4.78 is 28.3. The maximum Gasteiger partial charge on any atom is 0.337 e. The quantitative estimate of drug-likeness (QED) is 0.813. The van der Waals surface area contributed by atoms with Crippen LogP contribution in [0.3, 0.4) is 0 Å². The lowest BCUT2D eigenvalue weighted by Gasteiger charge is -2.17. The third kappa shape index (κ3) is 4.69. The Labute approximate surface area is 144 Å². The summed E-state index contributed by atoms with van der Waals surface area (Å²) in [4.78, 5) is 23.7. The molecule has 0 aliphatic carbocycles. The third-order valence-electron chi connectivity index (χ3n) is 3.37. The predicted molar refractivity (Wildman–Crippen MR) is 89.5 cm³/mol. The van der Waals surface area contributed by atoms with E-state index in [9.17, 15) is 14.0 Å². The highest BCUT2D eigenvalue weighted by Gasteiger charge is 2.18. The van der Waals surface area contributed by atoms with E-state index in [1.807, 2.05) is 0 Å². The fraction of sp³-hybridized carbons (Fsp3) is 0.222. The van der Waals surface area contributed by atoms with Gasteiger partial charge >= 0.3 is 5.97 Å². The molecule has 0 saturated carbocycles. The molecule has 0 saturated heterocycles. The number of ether oxygens (including phenoxy) is 3. The number of rotatable bonds is 6. The molecule has 0 radical (unpaired) electrons. The molecule has 7 heteroatoms. The van der Waals surface area contributed by atoms with Gasteiger partial charge in [-0.15, -0.1) is 0 Å². The number of carbonyl (C=O) groups excluding carboxylic acids is 2. The summed E-state index contributed by atoms with van der Waals surface area (Å²) in [6.45, 7) is 1.56. The molecule has 6 nitrogen and oxygen atoms in total. The van der Waals surface area contributed by atoms with Crippen molar-refractivity contribution in [1.82, 2.24) is 0 Å². The van der Waals surface area contributed by atoms with Gasteiger partial charge in [-0.25, -0.2) is 9.18 Å². The number of hydrogen-bond acceptors (Lipinski definition) is 5. The van der Waals surface area contributed by atoms with Crippen molar-refractivity contribution in [2.45, 2.75) is 13.0 Å². The topological polar surface area (TPSA) is 73.9 Å². The standard InChI is InChI=1S/C18H18FNO5/c1-11(17(21)20-14-7-5-13(19)6-8-14)25-15-9-4-12(18(22)24-3)10-16(15)23-2/h4-11H,1-3H3,(H,20,21). The van der Waals surface area contributed by atoms with Crippen LogP contribution in [0.1, 0.15) is 17.3 Å². The minimum absolute atomic E-state index is 0.296.